The molecule has 0 aromatic heterocycles. The van der Waals surface area contributed by atoms with Crippen molar-refractivity contribution in [3.63, 3.8) is 0 Å². The van der Waals surface area contributed by atoms with Crippen LogP contribution in [-0.4, -0.2) is 68.2 Å². The van der Waals surface area contributed by atoms with Crippen LogP contribution >= 0.6 is 0 Å². The molecule has 376 valence electrons. The van der Waals surface area contributed by atoms with E-state index in [1.54, 1.807) is 12.1 Å². The molecular formula is C58H63KN4O8S2. The van der Waals surface area contributed by atoms with Crippen LogP contribution in [0.2, 0.25) is 0 Å². The number of allylic oxidation sites excluding steroid dienone is 8. The summed E-state index contributed by atoms with van der Waals surface area (Å²) in [7, 11) is -7.33. The Morgan fingerprint density at radius 3 is 2.14 bits per heavy atom. The summed E-state index contributed by atoms with van der Waals surface area (Å²) >= 11 is 0. The molecule has 1 aliphatic carbocycles. The first-order chi connectivity index (χ1) is 34.2. The van der Waals surface area contributed by atoms with Crippen molar-refractivity contribution in [2.24, 2.45) is 0 Å². The fourth-order valence-corrected chi connectivity index (χ4v) is 11.5. The molecule has 73 heavy (non-hydrogen) atoms. The average Bonchev–Trinajstić information content (AvgIpc) is 3.67. The Balaban J connectivity index is 0.00000780. The van der Waals surface area contributed by atoms with Crippen LogP contribution in [0.3, 0.4) is 0 Å². The molecule has 8 rings (SSSR count). The number of anilines is 2. The normalized spacial score (nSPS) is 17.7. The van der Waals surface area contributed by atoms with Gasteiger partial charge in [0.15, 0.2) is 5.71 Å². The van der Waals surface area contributed by atoms with E-state index in [0.717, 1.165) is 112 Å². The monoisotopic (exact) mass is 1050 g/mol. The Kier molecular flexibility index (Phi) is 18.0. The predicted octanol–water partition coefficient (Wildman–Crippen LogP) is 6.96. The molecule has 0 bridgehead atoms. The third-order valence-corrected chi connectivity index (χ3v) is 16.2. The third kappa shape index (κ3) is 12.9. The van der Waals surface area contributed by atoms with Crippen molar-refractivity contribution in [2.45, 2.75) is 125 Å². The fraction of sp³-hybridized carbons (Fsp3) is 0.362. The maximum Gasteiger partial charge on any atom is 1.00 e. The van der Waals surface area contributed by atoms with E-state index in [2.05, 4.69) is 52.4 Å². The van der Waals surface area contributed by atoms with Gasteiger partial charge in [0.05, 0.1) is 27.4 Å². The van der Waals surface area contributed by atoms with Crippen LogP contribution in [0, 0.1) is 11.8 Å². The number of nitrogens with one attached hydrogen (secondary N) is 1. The number of carbonyl (C=O) groups excluding carboxylic acids is 2. The van der Waals surface area contributed by atoms with E-state index >= 15 is 0 Å². The van der Waals surface area contributed by atoms with Crippen LogP contribution in [-0.2, 0) is 47.2 Å². The Bertz CT molecular complexity index is 3270. The predicted molar refractivity (Wildman–Crippen MR) is 280 cm³/mol. The molecule has 2 amide bonds. The number of benzene rings is 4. The molecule has 0 saturated heterocycles. The SMILES string of the molecule is C[N+]1=C(/C=C/C2=CC(=C/C=C3/N(CCCCCC(=O)NCCCCCC(=O)N4Cc5ccccc5C#Cc5ccccc54)c4ccc(S(=O)(=O)[O-])cc4C3(C)C)/CCC2)C(C)(C)c2cc(S(=O)(=O)[O-])ccc21.[K+]. The minimum absolute atomic E-state index is 0. The zero-order valence-corrected chi connectivity index (χ0v) is 47.5. The van der Waals surface area contributed by atoms with Gasteiger partial charge >= 0.3 is 51.4 Å². The van der Waals surface area contributed by atoms with Crippen LogP contribution < -0.4 is 66.5 Å². The first-order valence-corrected chi connectivity index (χ1v) is 27.7. The Morgan fingerprint density at radius 2 is 1.38 bits per heavy atom. The fourth-order valence-electron chi connectivity index (χ4n) is 10.5. The minimum atomic E-state index is -4.67. The van der Waals surface area contributed by atoms with Gasteiger partial charge in [-0.3, -0.25) is 9.59 Å². The Labute approximate surface area is 474 Å². The van der Waals surface area contributed by atoms with E-state index in [0.29, 0.717) is 45.3 Å². The zero-order valence-electron chi connectivity index (χ0n) is 42.8. The van der Waals surface area contributed by atoms with Gasteiger partial charge in [0.2, 0.25) is 17.5 Å². The molecule has 4 aromatic carbocycles. The number of amides is 2. The number of carbonyl (C=O) groups is 2. The first kappa shape index (κ1) is 56.0. The van der Waals surface area contributed by atoms with E-state index in [-0.39, 0.29) is 73.0 Å². The van der Waals surface area contributed by atoms with Gasteiger partial charge in [-0.1, -0.05) is 87.1 Å². The van der Waals surface area contributed by atoms with Gasteiger partial charge in [-0.25, -0.2) is 16.8 Å². The van der Waals surface area contributed by atoms with Gasteiger partial charge in [0, 0.05) is 71.6 Å². The Morgan fingerprint density at radius 1 is 0.726 bits per heavy atom. The number of para-hydroxylation sites is 1. The number of unbranched alkanes of at least 4 members (excludes halogenated alkanes) is 4. The molecule has 0 radical (unpaired) electrons. The summed E-state index contributed by atoms with van der Waals surface area (Å²) in [4.78, 5) is 30.0. The van der Waals surface area contributed by atoms with Crippen LogP contribution in [0.1, 0.15) is 126 Å². The van der Waals surface area contributed by atoms with Crippen molar-refractivity contribution in [3.8, 4) is 11.8 Å². The summed E-state index contributed by atoms with van der Waals surface area (Å²) in [6, 6.07) is 24.9. The van der Waals surface area contributed by atoms with Crippen LogP contribution in [0.4, 0.5) is 17.1 Å². The topological polar surface area (TPSA) is 170 Å². The van der Waals surface area contributed by atoms with Gasteiger partial charge in [-0.05, 0) is 136 Å². The molecular weight excluding hydrogens is 984 g/mol. The second kappa shape index (κ2) is 23.4. The molecule has 0 unspecified atom stereocenters. The second-order valence-corrected chi connectivity index (χ2v) is 22.9. The summed E-state index contributed by atoms with van der Waals surface area (Å²) < 4.78 is 74.0. The zero-order chi connectivity index (χ0) is 51.4. The molecule has 4 aliphatic rings. The molecule has 0 atom stereocenters. The van der Waals surface area contributed by atoms with Crippen molar-refractivity contribution >= 4 is 54.8 Å². The van der Waals surface area contributed by atoms with Crippen molar-refractivity contribution in [1.82, 2.24) is 5.32 Å². The number of hydrogen-bond donors (Lipinski definition) is 1. The van der Waals surface area contributed by atoms with Crippen molar-refractivity contribution in [3.05, 3.63) is 160 Å². The van der Waals surface area contributed by atoms with Crippen LogP contribution in [0.5, 0.6) is 0 Å². The number of nitrogens with zero attached hydrogens (tertiary/aromatic N) is 3. The largest absolute Gasteiger partial charge is 1.00 e. The second-order valence-electron chi connectivity index (χ2n) is 20.2. The Hall–Kier alpha value is -4.73. The van der Waals surface area contributed by atoms with Gasteiger partial charge < -0.3 is 24.2 Å². The summed E-state index contributed by atoms with van der Waals surface area (Å²) in [6.45, 7) is 9.77. The third-order valence-electron chi connectivity index (χ3n) is 14.5. The maximum absolute atomic E-state index is 13.6. The molecule has 0 saturated carbocycles. The summed E-state index contributed by atoms with van der Waals surface area (Å²) in [6.07, 6.45) is 18.7. The molecule has 3 aliphatic heterocycles. The molecule has 3 heterocycles. The van der Waals surface area contributed by atoms with Gasteiger partial charge in [-0.2, -0.15) is 4.58 Å². The van der Waals surface area contributed by atoms with Crippen LogP contribution in [0.25, 0.3) is 0 Å². The van der Waals surface area contributed by atoms with Crippen molar-refractivity contribution in [1.29, 1.82) is 0 Å². The molecule has 1 N–H and O–H groups in total. The summed E-state index contributed by atoms with van der Waals surface area (Å²) in [5.74, 6) is 6.56. The van der Waals surface area contributed by atoms with E-state index in [1.807, 2.05) is 92.7 Å². The van der Waals surface area contributed by atoms with Crippen molar-refractivity contribution in [2.75, 3.05) is 29.9 Å². The summed E-state index contributed by atoms with van der Waals surface area (Å²) in [5, 5.41) is 3.05. The van der Waals surface area contributed by atoms with E-state index in [9.17, 15) is 35.5 Å². The van der Waals surface area contributed by atoms with E-state index < -0.39 is 31.1 Å². The van der Waals surface area contributed by atoms with E-state index in [1.165, 1.54) is 24.3 Å². The first-order valence-electron chi connectivity index (χ1n) is 24.9. The molecule has 4 aromatic rings. The number of hydrogen-bond acceptors (Lipinski definition) is 9. The molecule has 0 fully saturated rings. The van der Waals surface area contributed by atoms with E-state index in [4.69, 9.17) is 0 Å². The van der Waals surface area contributed by atoms with Crippen molar-refractivity contribution < 1.29 is 91.5 Å². The molecule has 12 nitrogen and oxygen atoms in total. The van der Waals surface area contributed by atoms with Crippen LogP contribution in [0.15, 0.2) is 142 Å². The quantitative estimate of drug-likeness (QED) is 0.0386. The maximum atomic E-state index is 13.6. The summed E-state index contributed by atoms with van der Waals surface area (Å²) in [5.41, 5.74) is 9.94. The number of rotatable bonds is 17. The number of fused-ring (bicyclic) bond motifs is 4. The van der Waals surface area contributed by atoms with Gasteiger partial charge in [-0.15, -0.1) is 0 Å². The van der Waals surface area contributed by atoms with Gasteiger partial charge in [0.1, 0.15) is 27.3 Å². The minimum Gasteiger partial charge on any atom is -0.744 e. The molecule has 0 spiro atoms. The smallest absolute Gasteiger partial charge is 0.744 e. The molecule has 15 heteroatoms. The average molecular weight is 1050 g/mol. The van der Waals surface area contributed by atoms with Gasteiger partial charge in [0.25, 0.3) is 0 Å². The standard InChI is InChI=1S/C58H64N4O8S2.K/c1-57(2)48-38-46(71(65,66)67)29-31-51(48)60(5)53(57)33-25-41-17-16-18-42(37-41)26-34-54-58(3,4)49-39-47(72(68,69)70)30-32-52(49)61(54)36-15-7-8-23-55(63)59-35-14-6-9-24-56(64)62-40-45-21-11-10-19-43(45)27-28-44-20-12-13-22-50(44)62;/h10-13,19-22,25-26,29-34,37-39H,6-9,14-18,23-24,35-36,40H2,1-5H3,(H2-,59,63,65,66,67,68,69,70);/q;+1/p-1.